The van der Waals surface area contributed by atoms with E-state index >= 15 is 0 Å². The van der Waals surface area contributed by atoms with Crippen LogP contribution in [0.25, 0.3) is 44.5 Å². The molecule has 2 saturated heterocycles. The second-order valence-corrected chi connectivity index (χ2v) is 11.7. The summed E-state index contributed by atoms with van der Waals surface area (Å²) in [5, 5.41) is 0. The fraction of sp³-hybridized carbons (Fsp3) is 0.211. The van der Waals surface area contributed by atoms with E-state index in [1.165, 1.54) is 55.9 Å². The van der Waals surface area contributed by atoms with Crippen molar-refractivity contribution < 1.29 is 0 Å². The van der Waals surface area contributed by atoms with Gasteiger partial charge in [-0.25, -0.2) is 0 Å². The zero-order valence-electron chi connectivity index (χ0n) is 24.6. The van der Waals surface area contributed by atoms with Crippen molar-refractivity contribution in [1.29, 1.82) is 0 Å². The molecule has 0 saturated carbocycles. The third-order valence-electron chi connectivity index (χ3n) is 8.75. The number of rotatable bonds is 6. The predicted molar refractivity (Wildman–Crippen MR) is 178 cm³/mol. The number of benzene rings is 5. The minimum Gasteiger partial charge on any atom is -0.357 e. The van der Waals surface area contributed by atoms with E-state index in [4.69, 9.17) is 0 Å². The minimum atomic E-state index is 0.990. The van der Waals surface area contributed by atoms with Gasteiger partial charge in [-0.05, 0) is 88.9 Å². The van der Waals surface area contributed by atoms with Gasteiger partial charge in [0.2, 0.25) is 0 Å². The fourth-order valence-corrected chi connectivity index (χ4v) is 6.40. The van der Waals surface area contributed by atoms with Gasteiger partial charge in [-0.1, -0.05) is 91.0 Å². The summed E-state index contributed by atoms with van der Waals surface area (Å²) in [5.74, 6) is 0. The van der Waals surface area contributed by atoms with E-state index in [0.717, 1.165) is 39.5 Å². The first-order chi connectivity index (χ1) is 20.6. The third-order valence-corrected chi connectivity index (χ3v) is 8.75. The lowest BCUT2D eigenvalue weighted by atomic mass is 9.90. The highest BCUT2D eigenvalue weighted by atomic mass is 15.4. The molecule has 0 unspecified atom stereocenters. The lowest BCUT2D eigenvalue weighted by Crippen LogP contribution is -2.22. The smallest absolute Gasteiger partial charge is 0.0705 e. The van der Waals surface area contributed by atoms with Gasteiger partial charge in [-0.15, -0.1) is 0 Å². The molecule has 0 atom stereocenters. The number of hydrogen-bond acceptors (Lipinski definition) is 4. The Morgan fingerprint density at radius 3 is 1.12 bits per heavy atom. The van der Waals surface area contributed by atoms with Crippen molar-refractivity contribution in [1.82, 2.24) is 9.80 Å². The largest absolute Gasteiger partial charge is 0.357 e. The second kappa shape index (κ2) is 11.5. The Hall–Kier alpha value is -4.38. The molecule has 0 aliphatic carbocycles. The van der Waals surface area contributed by atoms with Gasteiger partial charge in [-0.2, -0.15) is 0 Å². The van der Waals surface area contributed by atoms with E-state index in [1.807, 2.05) is 0 Å². The fourth-order valence-electron chi connectivity index (χ4n) is 6.40. The third kappa shape index (κ3) is 5.32. The molecule has 210 valence electrons. The zero-order valence-corrected chi connectivity index (χ0v) is 24.6. The van der Waals surface area contributed by atoms with Gasteiger partial charge in [0.15, 0.2) is 0 Å². The Morgan fingerprint density at radius 2 is 0.762 bits per heavy atom. The topological polar surface area (TPSA) is 13.0 Å². The first-order valence-corrected chi connectivity index (χ1v) is 15.0. The van der Waals surface area contributed by atoms with Crippen molar-refractivity contribution in [3.63, 3.8) is 0 Å². The van der Waals surface area contributed by atoms with E-state index in [-0.39, 0.29) is 0 Å². The van der Waals surface area contributed by atoms with Crippen LogP contribution >= 0.6 is 0 Å². The average molecular weight is 551 g/mol. The van der Waals surface area contributed by atoms with Crippen LogP contribution in [0.5, 0.6) is 0 Å². The lowest BCUT2D eigenvalue weighted by molar-refractivity contribution is 0.421. The maximum absolute atomic E-state index is 2.44. The molecule has 0 N–H and O–H groups in total. The minimum absolute atomic E-state index is 0.990. The summed E-state index contributed by atoms with van der Waals surface area (Å²) in [7, 11) is 4.36. The summed E-state index contributed by atoms with van der Waals surface area (Å²) in [6.45, 7) is 6.38. The summed E-state index contributed by atoms with van der Waals surface area (Å²) < 4.78 is 0. The summed E-state index contributed by atoms with van der Waals surface area (Å²) in [4.78, 5) is 9.60. The first kappa shape index (κ1) is 26.5. The maximum atomic E-state index is 2.44. The van der Waals surface area contributed by atoms with Crippen LogP contribution in [0.3, 0.4) is 0 Å². The van der Waals surface area contributed by atoms with Crippen molar-refractivity contribution in [2.45, 2.75) is 0 Å². The van der Waals surface area contributed by atoms with Crippen molar-refractivity contribution in [2.75, 3.05) is 63.4 Å². The summed E-state index contributed by atoms with van der Waals surface area (Å²) in [5.41, 5.74) is 12.6. The molecule has 7 rings (SSSR count). The van der Waals surface area contributed by atoms with Crippen LogP contribution in [0.4, 0.5) is 11.4 Å². The van der Waals surface area contributed by atoms with Gasteiger partial charge in [0.25, 0.3) is 0 Å². The number of hydrogen-bond donors (Lipinski definition) is 0. The molecule has 42 heavy (non-hydrogen) atoms. The van der Waals surface area contributed by atoms with Crippen molar-refractivity contribution in [2.24, 2.45) is 0 Å². The van der Waals surface area contributed by atoms with Crippen LogP contribution in [0.2, 0.25) is 0 Å². The van der Waals surface area contributed by atoms with E-state index in [2.05, 4.69) is 155 Å². The van der Waals surface area contributed by atoms with Gasteiger partial charge in [0, 0.05) is 37.6 Å². The molecular formula is C38H38N4. The summed E-state index contributed by atoms with van der Waals surface area (Å²) in [6.07, 6.45) is 0. The second-order valence-electron chi connectivity index (χ2n) is 11.7. The quantitative estimate of drug-likeness (QED) is 0.214. The summed E-state index contributed by atoms with van der Waals surface area (Å²) >= 11 is 0. The molecule has 0 bridgehead atoms. The molecule has 5 aromatic carbocycles. The van der Waals surface area contributed by atoms with Crippen LogP contribution < -0.4 is 9.80 Å². The van der Waals surface area contributed by atoms with Gasteiger partial charge in [0.05, 0.1) is 13.3 Å². The molecule has 5 aromatic rings. The SMILES string of the molecule is CN1CCN(c2ccc(-c3ccccc3-c3cccc(-c4ccccc4-c4ccc(N5CCN(C)C5)cc4)c3)cc2)C1. The monoisotopic (exact) mass is 550 g/mol. The van der Waals surface area contributed by atoms with Crippen LogP contribution in [-0.2, 0) is 0 Å². The van der Waals surface area contributed by atoms with Crippen molar-refractivity contribution in [3.05, 3.63) is 121 Å². The maximum Gasteiger partial charge on any atom is 0.0705 e. The van der Waals surface area contributed by atoms with Crippen LogP contribution in [-0.4, -0.2) is 63.4 Å². The standard InChI is InChI=1S/C38H38N4/c1-39-22-24-41(27-39)33-18-14-29(15-19-33)35-10-3-5-12-37(35)31-8-7-9-32(26-31)38-13-6-4-11-36(38)30-16-20-34(21-17-30)42-25-23-40(2)28-42/h3-21,26H,22-25,27-28H2,1-2H3. The van der Waals surface area contributed by atoms with Gasteiger partial charge in [-0.3, -0.25) is 9.80 Å². The Morgan fingerprint density at radius 1 is 0.381 bits per heavy atom. The molecule has 4 heteroatoms. The van der Waals surface area contributed by atoms with E-state index in [0.29, 0.717) is 0 Å². The highest BCUT2D eigenvalue weighted by Gasteiger charge is 2.18. The lowest BCUT2D eigenvalue weighted by Gasteiger charge is -2.19. The predicted octanol–water partition coefficient (Wildman–Crippen LogP) is 7.77. The molecule has 0 radical (unpaired) electrons. The molecule has 4 nitrogen and oxygen atoms in total. The molecule has 2 aliphatic heterocycles. The Kier molecular flexibility index (Phi) is 7.25. The van der Waals surface area contributed by atoms with Crippen LogP contribution in [0.15, 0.2) is 121 Å². The molecule has 0 aromatic heterocycles. The first-order valence-electron chi connectivity index (χ1n) is 15.0. The van der Waals surface area contributed by atoms with E-state index in [1.54, 1.807) is 0 Å². The highest BCUT2D eigenvalue weighted by molar-refractivity contribution is 5.89. The molecule has 2 fully saturated rings. The summed E-state index contributed by atoms with van der Waals surface area (Å²) in [6, 6.07) is 44.8. The Balaban J connectivity index is 1.19. The molecule has 0 spiro atoms. The highest BCUT2D eigenvalue weighted by Crippen LogP contribution is 2.38. The molecule has 2 aliphatic rings. The molecule has 0 amide bonds. The van der Waals surface area contributed by atoms with Crippen LogP contribution in [0.1, 0.15) is 0 Å². The van der Waals surface area contributed by atoms with E-state index < -0.39 is 0 Å². The zero-order chi connectivity index (χ0) is 28.5. The normalized spacial score (nSPS) is 16.0. The Labute approximate surface area is 250 Å². The van der Waals surface area contributed by atoms with Gasteiger partial charge in [0.1, 0.15) is 0 Å². The average Bonchev–Trinajstić information content (AvgIpc) is 3.69. The molecule has 2 heterocycles. The number of likely N-dealkylation sites (N-methyl/N-ethyl adjacent to an activating group) is 2. The van der Waals surface area contributed by atoms with Crippen LogP contribution in [0, 0.1) is 0 Å². The number of nitrogens with zero attached hydrogens (tertiary/aromatic N) is 4. The van der Waals surface area contributed by atoms with Crippen molar-refractivity contribution in [3.8, 4) is 44.5 Å². The van der Waals surface area contributed by atoms with E-state index in [9.17, 15) is 0 Å². The van der Waals surface area contributed by atoms with Gasteiger partial charge >= 0.3 is 0 Å². The molecular weight excluding hydrogens is 512 g/mol. The van der Waals surface area contributed by atoms with Crippen molar-refractivity contribution >= 4 is 11.4 Å². The van der Waals surface area contributed by atoms with Gasteiger partial charge < -0.3 is 9.80 Å². The number of anilines is 2. The Bertz CT molecular complexity index is 1550.